The molecule has 1 aromatic carbocycles. The highest BCUT2D eigenvalue weighted by Gasteiger charge is 2.29. The molecule has 0 aromatic heterocycles. The van der Waals surface area contributed by atoms with Crippen molar-refractivity contribution in [3.8, 4) is 0 Å². The molecule has 2 aliphatic rings. The number of anilines is 2. The summed E-state index contributed by atoms with van der Waals surface area (Å²) < 4.78 is 0. The molecule has 0 amide bonds. The van der Waals surface area contributed by atoms with Crippen molar-refractivity contribution in [2.75, 3.05) is 17.7 Å². The molecule has 2 N–H and O–H groups in total. The first-order valence-electron chi connectivity index (χ1n) is 7.11. The van der Waals surface area contributed by atoms with Gasteiger partial charge in [0.25, 0.3) is 0 Å². The van der Waals surface area contributed by atoms with Crippen LogP contribution in [0.1, 0.15) is 31.9 Å². The molecular formula is C18H22N2. The lowest BCUT2D eigenvalue weighted by Gasteiger charge is -2.39. The predicted molar refractivity (Wildman–Crippen MR) is 87.9 cm³/mol. The third-order valence-electron chi connectivity index (χ3n) is 4.74. The van der Waals surface area contributed by atoms with Crippen LogP contribution < -0.4 is 10.6 Å². The van der Waals surface area contributed by atoms with Gasteiger partial charge in [-0.2, -0.15) is 0 Å². The van der Waals surface area contributed by atoms with Gasteiger partial charge in [-0.25, -0.2) is 0 Å². The van der Waals surface area contributed by atoms with Gasteiger partial charge in [-0.05, 0) is 67.7 Å². The summed E-state index contributed by atoms with van der Waals surface area (Å²) in [5.41, 5.74) is 16.2. The summed E-state index contributed by atoms with van der Waals surface area (Å²) >= 11 is 0. The number of fused-ring (bicyclic) bond motifs is 2. The van der Waals surface area contributed by atoms with Gasteiger partial charge in [0, 0.05) is 24.0 Å². The maximum Gasteiger partial charge on any atom is 0.0732 e. The van der Waals surface area contributed by atoms with E-state index in [0.29, 0.717) is 6.04 Å². The van der Waals surface area contributed by atoms with Crippen LogP contribution in [0.3, 0.4) is 0 Å². The summed E-state index contributed by atoms with van der Waals surface area (Å²) in [7, 11) is 2.16. The van der Waals surface area contributed by atoms with Crippen molar-refractivity contribution >= 4 is 16.9 Å². The lowest BCUT2D eigenvalue weighted by Crippen LogP contribution is -2.36. The smallest absolute Gasteiger partial charge is 0.0732 e. The fourth-order valence-electron chi connectivity index (χ4n) is 3.15. The molecule has 1 aliphatic heterocycles. The number of nitrogen functional groups attached to an aromatic ring is 1. The van der Waals surface area contributed by atoms with Crippen molar-refractivity contribution in [2.45, 2.75) is 33.7 Å². The molecule has 1 aliphatic carbocycles. The van der Waals surface area contributed by atoms with E-state index in [1.807, 2.05) is 0 Å². The fraction of sp³-hybridized carbons (Fsp3) is 0.333. The normalized spacial score (nSPS) is 21.2. The number of hydrogen-bond donors (Lipinski definition) is 1. The van der Waals surface area contributed by atoms with Gasteiger partial charge in [0.1, 0.15) is 0 Å². The Morgan fingerprint density at radius 2 is 1.75 bits per heavy atom. The number of nitrogens with zero attached hydrogens (tertiary/aromatic N) is 1. The Morgan fingerprint density at radius 3 is 2.45 bits per heavy atom. The average molecular weight is 266 g/mol. The summed E-state index contributed by atoms with van der Waals surface area (Å²) in [5.74, 6) is 0. The van der Waals surface area contributed by atoms with Crippen LogP contribution >= 0.6 is 0 Å². The minimum atomic E-state index is 0.327. The van der Waals surface area contributed by atoms with Gasteiger partial charge in [0.05, 0.1) is 6.04 Å². The monoisotopic (exact) mass is 266 g/mol. The van der Waals surface area contributed by atoms with Gasteiger partial charge in [-0.1, -0.05) is 12.2 Å². The van der Waals surface area contributed by atoms with Crippen molar-refractivity contribution in [3.63, 3.8) is 0 Å². The van der Waals surface area contributed by atoms with Crippen LogP contribution in [0, 0.1) is 6.92 Å². The second kappa shape index (κ2) is 4.27. The highest BCUT2D eigenvalue weighted by Crippen LogP contribution is 2.42. The molecule has 3 rings (SSSR count). The molecule has 0 fully saturated rings. The van der Waals surface area contributed by atoms with Gasteiger partial charge in [-0.3, -0.25) is 0 Å². The zero-order valence-electron chi connectivity index (χ0n) is 12.9. The van der Waals surface area contributed by atoms with E-state index in [1.165, 1.54) is 33.5 Å². The largest absolute Gasteiger partial charge is 0.398 e. The van der Waals surface area contributed by atoms with E-state index in [9.17, 15) is 0 Å². The van der Waals surface area contributed by atoms with Crippen LogP contribution in [-0.4, -0.2) is 13.1 Å². The Hall–Kier alpha value is -1.96. The Labute approximate surface area is 121 Å². The van der Waals surface area contributed by atoms with Crippen LogP contribution in [0.5, 0.6) is 0 Å². The number of aryl methyl sites for hydroxylation is 1. The number of allylic oxidation sites excluding steroid dienone is 3. The van der Waals surface area contributed by atoms with E-state index >= 15 is 0 Å². The summed E-state index contributed by atoms with van der Waals surface area (Å²) in [5, 5.41) is 0. The zero-order valence-corrected chi connectivity index (χ0v) is 12.9. The molecule has 0 saturated heterocycles. The van der Waals surface area contributed by atoms with Crippen LogP contribution in [0.4, 0.5) is 11.4 Å². The van der Waals surface area contributed by atoms with Gasteiger partial charge < -0.3 is 10.6 Å². The standard InChI is InChI=1S/C18H22N2/c1-10-6-14-13(4)15-7-12(3)16(19)9-18(15)20(5)17(14)8-11(10)2/h6-9,17H,19H2,1-5H3. The number of hydrogen-bond acceptors (Lipinski definition) is 2. The molecular weight excluding hydrogens is 244 g/mol. The van der Waals surface area contributed by atoms with Crippen LogP contribution in [0.15, 0.2) is 41.0 Å². The lowest BCUT2D eigenvalue weighted by molar-refractivity contribution is 0.833. The quantitative estimate of drug-likeness (QED) is 0.717. The Balaban J connectivity index is 2.27. The number of rotatable bonds is 0. The number of nitrogens with two attached hydrogens (primary N) is 1. The Bertz CT molecular complexity index is 690. The molecule has 0 saturated carbocycles. The Kier molecular flexibility index (Phi) is 2.79. The minimum absolute atomic E-state index is 0.327. The molecule has 1 heterocycles. The first-order chi connectivity index (χ1) is 9.40. The van der Waals surface area contributed by atoms with Crippen LogP contribution in [0.25, 0.3) is 5.57 Å². The minimum Gasteiger partial charge on any atom is -0.398 e. The van der Waals surface area contributed by atoms with Gasteiger partial charge in [0.2, 0.25) is 0 Å². The van der Waals surface area contributed by atoms with E-state index in [-0.39, 0.29) is 0 Å². The first-order valence-corrected chi connectivity index (χ1v) is 7.11. The second-order valence-corrected chi connectivity index (χ2v) is 6.04. The molecule has 1 unspecified atom stereocenters. The average Bonchev–Trinajstić information content (AvgIpc) is 2.41. The Morgan fingerprint density at radius 1 is 1.05 bits per heavy atom. The third kappa shape index (κ3) is 1.71. The van der Waals surface area contributed by atoms with E-state index in [2.05, 4.69) is 63.9 Å². The predicted octanol–water partition coefficient (Wildman–Crippen LogP) is 4.08. The molecule has 2 nitrogen and oxygen atoms in total. The summed E-state index contributed by atoms with van der Waals surface area (Å²) in [6, 6.07) is 4.65. The van der Waals surface area contributed by atoms with Gasteiger partial charge in [-0.15, -0.1) is 0 Å². The highest BCUT2D eigenvalue weighted by molar-refractivity contribution is 5.87. The fourth-order valence-corrected chi connectivity index (χ4v) is 3.15. The highest BCUT2D eigenvalue weighted by atomic mass is 15.1. The van der Waals surface area contributed by atoms with Crippen molar-refractivity contribution in [1.29, 1.82) is 0 Å². The van der Waals surface area contributed by atoms with E-state index in [1.54, 1.807) is 0 Å². The number of likely N-dealkylation sites (N-methyl/N-ethyl adjacent to an activating group) is 1. The molecule has 1 aromatic rings. The molecule has 1 atom stereocenters. The van der Waals surface area contributed by atoms with E-state index < -0.39 is 0 Å². The second-order valence-electron chi connectivity index (χ2n) is 6.04. The van der Waals surface area contributed by atoms with Crippen LogP contribution in [0.2, 0.25) is 0 Å². The van der Waals surface area contributed by atoms with E-state index in [4.69, 9.17) is 5.73 Å². The molecule has 0 spiro atoms. The van der Waals surface area contributed by atoms with Crippen LogP contribution in [-0.2, 0) is 0 Å². The van der Waals surface area contributed by atoms with Crippen molar-refractivity contribution < 1.29 is 0 Å². The van der Waals surface area contributed by atoms with Crippen molar-refractivity contribution in [3.05, 3.63) is 52.1 Å². The summed E-state index contributed by atoms with van der Waals surface area (Å²) in [6.07, 6.45) is 4.69. The topological polar surface area (TPSA) is 29.3 Å². The third-order valence-corrected chi connectivity index (χ3v) is 4.74. The SMILES string of the molecule is CC1=CC2=C(C)c3cc(C)c(N)cc3N(C)C2C=C1C. The molecule has 20 heavy (non-hydrogen) atoms. The molecule has 104 valence electrons. The maximum atomic E-state index is 6.10. The van der Waals surface area contributed by atoms with E-state index in [0.717, 1.165) is 11.3 Å². The number of benzene rings is 1. The molecule has 0 radical (unpaired) electrons. The van der Waals surface area contributed by atoms with Crippen molar-refractivity contribution in [2.24, 2.45) is 0 Å². The summed E-state index contributed by atoms with van der Waals surface area (Å²) in [6.45, 7) is 8.67. The van der Waals surface area contributed by atoms with Gasteiger partial charge >= 0.3 is 0 Å². The van der Waals surface area contributed by atoms with Gasteiger partial charge in [0.15, 0.2) is 0 Å². The first kappa shape index (κ1) is 13.0. The maximum absolute atomic E-state index is 6.10. The summed E-state index contributed by atoms with van der Waals surface area (Å²) in [4.78, 5) is 2.33. The zero-order chi connectivity index (χ0) is 14.6. The lowest BCUT2D eigenvalue weighted by atomic mass is 9.83. The van der Waals surface area contributed by atoms with Crippen molar-refractivity contribution in [1.82, 2.24) is 0 Å². The molecule has 2 heteroatoms. The molecule has 0 bridgehead atoms.